The molecule has 0 fully saturated rings. The zero-order valence-corrected chi connectivity index (χ0v) is 18.8. The van der Waals surface area contributed by atoms with Crippen molar-refractivity contribution in [1.82, 2.24) is 0 Å². The molecule has 0 amide bonds. The summed E-state index contributed by atoms with van der Waals surface area (Å²) >= 11 is 7.14. The molecule has 2 N–H and O–H groups in total. The van der Waals surface area contributed by atoms with Gasteiger partial charge in [-0.15, -0.1) is 0 Å². The lowest BCUT2D eigenvalue weighted by Gasteiger charge is -2.15. The van der Waals surface area contributed by atoms with Crippen LogP contribution in [0.1, 0.15) is 21.5 Å². The van der Waals surface area contributed by atoms with Gasteiger partial charge in [0.25, 0.3) is 0 Å². The van der Waals surface area contributed by atoms with Crippen LogP contribution >= 0.6 is 31.9 Å². The van der Waals surface area contributed by atoms with Gasteiger partial charge in [0.05, 0.1) is 27.3 Å². The molecule has 0 saturated carbocycles. The van der Waals surface area contributed by atoms with Crippen molar-refractivity contribution < 1.29 is 19.4 Å². The Bertz CT molecular complexity index is 986. The lowest BCUT2D eigenvalue weighted by Crippen LogP contribution is -2.05. The van der Waals surface area contributed by atoms with Gasteiger partial charge in [0, 0.05) is 6.54 Å². The van der Waals surface area contributed by atoms with Crippen LogP contribution in [0.4, 0.5) is 5.69 Å². The number of anilines is 1. The highest BCUT2D eigenvalue weighted by atomic mass is 79.9. The zero-order valence-electron chi connectivity index (χ0n) is 15.6. The average Bonchev–Trinajstić information content (AvgIpc) is 2.72. The van der Waals surface area contributed by atoms with Crippen molar-refractivity contribution in [2.45, 2.75) is 13.2 Å². The molecule has 7 heteroatoms. The number of nitrogens with one attached hydrogen (secondary N) is 1. The number of rotatable bonds is 8. The number of hydrogen-bond acceptors (Lipinski definition) is 4. The molecule has 3 aromatic carbocycles. The highest BCUT2D eigenvalue weighted by Crippen LogP contribution is 2.36. The minimum atomic E-state index is -0.985. The van der Waals surface area contributed by atoms with Crippen LogP contribution in [0.3, 0.4) is 0 Å². The molecule has 5 nitrogen and oxygen atoms in total. The van der Waals surface area contributed by atoms with Crippen LogP contribution in [0.2, 0.25) is 0 Å². The largest absolute Gasteiger partial charge is 0.495 e. The van der Waals surface area contributed by atoms with Crippen LogP contribution in [0.15, 0.2) is 69.6 Å². The Morgan fingerprint density at radius 3 is 2.31 bits per heavy atom. The first-order chi connectivity index (χ1) is 14.0. The molecule has 0 aliphatic rings. The Labute approximate surface area is 185 Å². The first-order valence-electron chi connectivity index (χ1n) is 8.77. The number of methoxy groups -OCH3 is 1. The first kappa shape index (κ1) is 21.2. The molecule has 150 valence electrons. The van der Waals surface area contributed by atoms with Gasteiger partial charge in [0.15, 0.2) is 0 Å². The van der Waals surface area contributed by atoms with Crippen molar-refractivity contribution in [3.8, 4) is 11.5 Å². The molecule has 0 atom stereocenters. The number of carbonyl (C=O) groups is 1. The fraction of sp³-hybridized carbons (Fsp3) is 0.136. The summed E-state index contributed by atoms with van der Waals surface area (Å²) in [6, 6.07) is 18.6. The average molecular weight is 521 g/mol. The molecule has 29 heavy (non-hydrogen) atoms. The Hall–Kier alpha value is -2.51. The molecule has 0 radical (unpaired) electrons. The molecular formula is C22H19Br2NO4. The predicted octanol–water partition coefficient (Wildman–Crippen LogP) is 6.11. The van der Waals surface area contributed by atoms with E-state index in [1.165, 1.54) is 6.07 Å². The summed E-state index contributed by atoms with van der Waals surface area (Å²) in [5, 5.41) is 12.4. The van der Waals surface area contributed by atoms with E-state index in [9.17, 15) is 9.90 Å². The molecule has 0 aliphatic heterocycles. The molecule has 0 spiro atoms. The van der Waals surface area contributed by atoms with E-state index in [1.54, 1.807) is 19.2 Å². The quantitative estimate of drug-likeness (QED) is 0.375. The standard InChI is InChI=1S/C22H19Br2NO4/c1-28-20-8-7-16(22(26)27)11-19(20)25-12-15-9-17(23)21(18(24)10-15)29-13-14-5-3-2-4-6-14/h2-11,25H,12-13H2,1H3,(H,26,27). The van der Waals surface area contributed by atoms with Crippen LogP contribution in [0, 0.1) is 0 Å². The Kier molecular flexibility index (Phi) is 7.17. The smallest absolute Gasteiger partial charge is 0.335 e. The second-order valence-corrected chi connectivity index (χ2v) is 7.95. The number of ether oxygens (including phenoxy) is 2. The fourth-order valence-electron chi connectivity index (χ4n) is 2.76. The maximum absolute atomic E-state index is 11.2. The summed E-state index contributed by atoms with van der Waals surface area (Å²) in [6.45, 7) is 0.949. The van der Waals surface area contributed by atoms with Crippen molar-refractivity contribution in [3.63, 3.8) is 0 Å². The Balaban J connectivity index is 1.72. The van der Waals surface area contributed by atoms with E-state index in [0.717, 1.165) is 25.8 Å². The van der Waals surface area contributed by atoms with Gasteiger partial charge in [-0.2, -0.15) is 0 Å². The number of hydrogen-bond donors (Lipinski definition) is 2. The summed E-state index contributed by atoms with van der Waals surface area (Å²) in [5.41, 5.74) is 2.88. The van der Waals surface area contributed by atoms with Crippen molar-refractivity contribution in [3.05, 3.63) is 86.3 Å². The van der Waals surface area contributed by atoms with E-state index in [0.29, 0.717) is 24.6 Å². The van der Waals surface area contributed by atoms with Gasteiger partial charge >= 0.3 is 5.97 Å². The van der Waals surface area contributed by atoms with Gasteiger partial charge in [-0.25, -0.2) is 4.79 Å². The monoisotopic (exact) mass is 519 g/mol. The third kappa shape index (κ3) is 5.52. The number of benzene rings is 3. The van der Waals surface area contributed by atoms with Crippen LogP contribution in [-0.4, -0.2) is 18.2 Å². The molecule has 0 heterocycles. The predicted molar refractivity (Wildman–Crippen MR) is 120 cm³/mol. The molecule has 0 unspecified atom stereocenters. The lowest BCUT2D eigenvalue weighted by atomic mass is 10.1. The van der Waals surface area contributed by atoms with E-state index >= 15 is 0 Å². The van der Waals surface area contributed by atoms with Gasteiger partial charge in [0.2, 0.25) is 0 Å². The first-order valence-corrected chi connectivity index (χ1v) is 10.4. The normalized spacial score (nSPS) is 10.4. The number of aromatic carboxylic acids is 1. The van der Waals surface area contributed by atoms with Crippen molar-refractivity contribution >= 4 is 43.5 Å². The summed E-state index contributed by atoms with van der Waals surface area (Å²) in [6.07, 6.45) is 0. The fourth-order valence-corrected chi connectivity index (χ4v) is 4.27. The van der Waals surface area contributed by atoms with Crippen LogP contribution < -0.4 is 14.8 Å². The zero-order chi connectivity index (χ0) is 20.8. The number of carboxylic acids is 1. The second-order valence-electron chi connectivity index (χ2n) is 6.24. The molecule has 0 aliphatic carbocycles. The Morgan fingerprint density at radius 1 is 1.00 bits per heavy atom. The molecule has 0 saturated heterocycles. The minimum Gasteiger partial charge on any atom is -0.495 e. The van der Waals surface area contributed by atoms with Crippen molar-refractivity contribution in [2.75, 3.05) is 12.4 Å². The maximum Gasteiger partial charge on any atom is 0.335 e. The lowest BCUT2D eigenvalue weighted by molar-refractivity contribution is 0.0697. The van der Waals surface area contributed by atoms with Gasteiger partial charge in [-0.1, -0.05) is 30.3 Å². The van der Waals surface area contributed by atoms with Crippen LogP contribution in [0.25, 0.3) is 0 Å². The van der Waals surface area contributed by atoms with Gasteiger partial charge in [0.1, 0.15) is 18.1 Å². The number of halogens is 2. The van der Waals surface area contributed by atoms with Gasteiger partial charge < -0.3 is 19.9 Å². The van der Waals surface area contributed by atoms with E-state index < -0.39 is 5.97 Å². The van der Waals surface area contributed by atoms with E-state index in [4.69, 9.17) is 9.47 Å². The third-order valence-corrected chi connectivity index (χ3v) is 5.39. The number of carboxylic acid groups (broad SMARTS) is 1. The SMILES string of the molecule is COc1ccc(C(=O)O)cc1NCc1cc(Br)c(OCc2ccccc2)c(Br)c1. The molecule has 0 aromatic heterocycles. The highest BCUT2D eigenvalue weighted by molar-refractivity contribution is 9.11. The second kappa shape index (κ2) is 9.80. The van der Waals surface area contributed by atoms with Crippen LogP contribution in [-0.2, 0) is 13.2 Å². The maximum atomic E-state index is 11.2. The third-order valence-electron chi connectivity index (χ3n) is 4.21. The topological polar surface area (TPSA) is 67.8 Å². The van der Waals surface area contributed by atoms with E-state index in [2.05, 4.69) is 37.2 Å². The summed E-state index contributed by atoms with van der Waals surface area (Å²) in [7, 11) is 1.55. The van der Waals surface area contributed by atoms with Crippen LogP contribution in [0.5, 0.6) is 11.5 Å². The molecule has 0 bridgehead atoms. The minimum absolute atomic E-state index is 0.195. The molecule has 3 aromatic rings. The van der Waals surface area contributed by atoms with E-state index in [1.807, 2.05) is 42.5 Å². The molecular weight excluding hydrogens is 502 g/mol. The summed E-state index contributed by atoms with van der Waals surface area (Å²) in [5.74, 6) is 0.320. The van der Waals surface area contributed by atoms with E-state index in [-0.39, 0.29) is 5.56 Å². The highest BCUT2D eigenvalue weighted by Gasteiger charge is 2.12. The summed E-state index contributed by atoms with van der Waals surface area (Å²) in [4.78, 5) is 11.2. The Morgan fingerprint density at radius 2 is 1.69 bits per heavy atom. The van der Waals surface area contributed by atoms with Crippen molar-refractivity contribution in [2.24, 2.45) is 0 Å². The van der Waals surface area contributed by atoms with Gasteiger partial charge in [-0.3, -0.25) is 0 Å². The summed E-state index contributed by atoms with van der Waals surface area (Å²) < 4.78 is 12.9. The van der Waals surface area contributed by atoms with Crippen molar-refractivity contribution in [1.29, 1.82) is 0 Å². The molecule has 3 rings (SSSR count). The van der Waals surface area contributed by atoms with Gasteiger partial charge in [-0.05, 0) is 73.3 Å².